The van der Waals surface area contributed by atoms with Crippen LogP contribution in [0.1, 0.15) is 36.1 Å². The third-order valence-corrected chi connectivity index (χ3v) is 4.24. The number of allylic oxidation sites excluding steroid dienone is 6. The van der Waals surface area contributed by atoms with E-state index >= 15 is 0 Å². The monoisotopic (exact) mass is 348 g/mol. The van der Waals surface area contributed by atoms with Crippen molar-refractivity contribution in [1.82, 2.24) is 0 Å². The molecule has 0 amide bonds. The molecule has 0 aliphatic rings. The van der Waals surface area contributed by atoms with Crippen LogP contribution in [0.2, 0.25) is 5.02 Å². The number of benzene rings is 1. The van der Waals surface area contributed by atoms with Gasteiger partial charge >= 0.3 is 5.97 Å². The third-order valence-electron chi connectivity index (χ3n) is 3.66. The maximum Gasteiger partial charge on any atom is 0.328 e. The van der Waals surface area contributed by atoms with Crippen LogP contribution in [0.25, 0.3) is 6.08 Å². The van der Waals surface area contributed by atoms with E-state index in [1.54, 1.807) is 6.08 Å². The van der Waals surface area contributed by atoms with Crippen LogP contribution in [0.5, 0.6) is 0 Å². The molecule has 1 N–H and O–H groups in total. The lowest BCUT2D eigenvalue weighted by atomic mass is 9.98. The summed E-state index contributed by atoms with van der Waals surface area (Å²) in [4.78, 5) is 10.5. The molecule has 1 aromatic carbocycles. The summed E-state index contributed by atoms with van der Waals surface area (Å²) in [7, 11) is 0. The van der Waals surface area contributed by atoms with Gasteiger partial charge in [0.15, 0.2) is 0 Å². The molecule has 0 saturated carbocycles. The van der Waals surface area contributed by atoms with Crippen LogP contribution in [0.4, 0.5) is 4.39 Å². The van der Waals surface area contributed by atoms with E-state index in [-0.39, 0.29) is 5.57 Å². The molecule has 24 heavy (non-hydrogen) atoms. The molecule has 1 aromatic rings. The molecule has 0 unspecified atom stereocenters. The van der Waals surface area contributed by atoms with Gasteiger partial charge in [-0.05, 0) is 68.5 Å². The lowest BCUT2D eigenvalue weighted by Crippen LogP contribution is -1.91. The van der Waals surface area contributed by atoms with E-state index in [1.165, 1.54) is 13.0 Å². The predicted octanol–water partition coefficient (Wildman–Crippen LogP) is 6.11. The predicted molar refractivity (Wildman–Crippen MR) is 99.0 cm³/mol. The van der Waals surface area contributed by atoms with Gasteiger partial charge in [0.1, 0.15) is 5.83 Å². The molecule has 128 valence electrons. The summed E-state index contributed by atoms with van der Waals surface area (Å²) in [6.07, 6.45) is 7.53. The SMILES string of the molecule is CC(C=Cc1c(C)cc(C)c(Cl)c1C)=CC=C(F)C(C)=CC(=O)O. The Hall–Kier alpha value is -2.13. The van der Waals surface area contributed by atoms with Crippen molar-refractivity contribution in [3.8, 4) is 0 Å². The van der Waals surface area contributed by atoms with Crippen LogP contribution in [0, 0.1) is 20.8 Å². The summed E-state index contributed by atoms with van der Waals surface area (Å²) in [6.45, 7) is 9.23. The first-order valence-electron chi connectivity index (χ1n) is 7.53. The van der Waals surface area contributed by atoms with Crippen molar-refractivity contribution < 1.29 is 14.3 Å². The van der Waals surface area contributed by atoms with E-state index in [1.807, 2.05) is 45.9 Å². The highest BCUT2D eigenvalue weighted by Crippen LogP contribution is 2.27. The van der Waals surface area contributed by atoms with Crippen molar-refractivity contribution in [3.63, 3.8) is 0 Å². The van der Waals surface area contributed by atoms with Gasteiger partial charge in [-0.15, -0.1) is 0 Å². The smallest absolute Gasteiger partial charge is 0.328 e. The Balaban J connectivity index is 3.04. The number of carboxylic acid groups (broad SMARTS) is 1. The highest BCUT2D eigenvalue weighted by molar-refractivity contribution is 6.32. The highest BCUT2D eigenvalue weighted by atomic mass is 35.5. The molecule has 0 fully saturated rings. The first kappa shape index (κ1) is 19.9. The zero-order valence-electron chi connectivity index (χ0n) is 14.6. The van der Waals surface area contributed by atoms with E-state index in [0.717, 1.165) is 38.9 Å². The van der Waals surface area contributed by atoms with Gasteiger partial charge < -0.3 is 5.11 Å². The first-order chi connectivity index (χ1) is 11.1. The van der Waals surface area contributed by atoms with E-state index in [4.69, 9.17) is 16.7 Å². The first-order valence-corrected chi connectivity index (χ1v) is 7.91. The molecule has 2 nitrogen and oxygen atoms in total. The second-order valence-electron chi connectivity index (χ2n) is 5.79. The Kier molecular flexibility index (Phi) is 7.18. The zero-order valence-corrected chi connectivity index (χ0v) is 15.3. The molecular formula is C20H22ClFO2. The Bertz CT molecular complexity index is 768. The van der Waals surface area contributed by atoms with Crippen molar-refractivity contribution in [2.45, 2.75) is 34.6 Å². The molecule has 1 rings (SSSR count). The largest absolute Gasteiger partial charge is 0.478 e. The second-order valence-corrected chi connectivity index (χ2v) is 6.17. The maximum atomic E-state index is 13.7. The van der Waals surface area contributed by atoms with Crippen LogP contribution < -0.4 is 0 Å². The number of aliphatic carboxylic acids is 1. The van der Waals surface area contributed by atoms with Gasteiger partial charge in [0.25, 0.3) is 0 Å². The molecule has 0 spiro atoms. The molecule has 0 aromatic heterocycles. The average Bonchev–Trinajstić information content (AvgIpc) is 2.49. The zero-order chi connectivity index (χ0) is 18.4. The molecule has 0 saturated heterocycles. The quantitative estimate of drug-likeness (QED) is 0.515. The summed E-state index contributed by atoms with van der Waals surface area (Å²) in [5.74, 6) is -1.74. The van der Waals surface area contributed by atoms with Gasteiger partial charge in [-0.2, -0.15) is 0 Å². The van der Waals surface area contributed by atoms with Crippen molar-refractivity contribution in [3.05, 3.63) is 74.6 Å². The molecular weight excluding hydrogens is 327 g/mol. The maximum absolute atomic E-state index is 13.7. The number of halogens is 2. The highest BCUT2D eigenvalue weighted by Gasteiger charge is 2.06. The van der Waals surface area contributed by atoms with Crippen LogP contribution in [-0.4, -0.2) is 11.1 Å². The molecule has 0 bridgehead atoms. The summed E-state index contributed by atoms with van der Waals surface area (Å²) in [5, 5.41) is 9.36. The van der Waals surface area contributed by atoms with Gasteiger partial charge in [-0.1, -0.05) is 41.5 Å². The fourth-order valence-electron chi connectivity index (χ4n) is 2.29. The second kappa shape index (κ2) is 8.65. The number of carbonyl (C=O) groups is 1. The number of rotatable bonds is 5. The summed E-state index contributed by atoms with van der Waals surface area (Å²) in [5.41, 5.74) is 5.14. The van der Waals surface area contributed by atoms with Crippen LogP contribution in [-0.2, 0) is 4.79 Å². The summed E-state index contributed by atoms with van der Waals surface area (Å²) < 4.78 is 13.7. The van der Waals surface area contributed by atoms with Crippen molar-refractivity contribution in [1.29, 1.82) is 0 Å². The van der Waals surface area contributed by atoms with Crippen LogP contribution in [0.15, 0.2) is 47.3 Å². The lowest BCUT2D eigenvalue weighted by Gasteiger charge is -2.10. The molecule has 0 aliphatic heterocycles. The normalized spacial score (nSPS) is 13.7. The number of hydrogen-bond donors (Lipinski definition) is 1. The van der Waals surface area contributed by atoms with Gasteiger partial charge in [0.2, 0.25) is 0 Å². The minimum absolute atomic E-state index is 0.0764. The Morgan fingerprint density at radius 1 is 1.17 bits per heavy atom. The fraction of sp³-hybridized carbons (Fsp3) is 0.250. The van der Waals surface area contributed by atoms with E-state index in [9.17, 15) is 9.18 Å². The molecule has 4 heteroatoms. The number of hydrogen-bond acceptors (Lipinski definition) is 1. The molecule has 0 radical (unpaired) electrons. The Labute approximate surface area is 147 Å². The van der Waals surface area contributed by atoms with Crippen LogP contribution >= 0.6 is 11.6 Å². The van der Waals surface area contributed by atoms with E-state index in [0.29, 0.717) is 0 Å². The van der Waals surface area contributed by atoms with Gasteiger partial charge in [-0.3, -0.25) is 0 Å². The van der Waals surface area contributed by atoms with E-state index < -0.39 is 11.8 Å². The van der Waals surface area contributed by atoms with Crippen molar-refractivity contribution >= 4 is 23.6 Å². The Morgan fingerprint density at radius 3 is 2.38 bits per heavy atom. The number of carboxylic acids is 1. The minimum atomic E-state index is -1.17. The Morgan fingerprint density at radius 2 is 1.79 bits per heavy atom. The van der Waals surface area contributed by atoms with Crippen LogP contribution in [0.3, 0.4) is 0 Å². The fourth-order valence-corrected chi connectivity index (χ4v) is 2.45. The standard InChI is InChI=1S/C20H22ClFO2/c1-12(7-9-18(22)14(3)11-19(23)24)6-8-17-13(2)10-15(4)20(21)16(17)5/h6-11H,1-5H3,(H,23,24). The molecule has 0 heterocycles. The van der Waals surface area contributed by atoms with E-state index in [2.05, 4.69) is 0 Å². The van der Waals surface area contributed by atoms with Gasteiger partial charge in [-0.25, -0.2) is 9.18 Å². The summed E-state index contributed by atoms with van der Waals surface area (Å²) in [6, 6.07) is 2.04. The molecule has 0 atom stereocenters. The van der Waals surface area contributed by atoms with Crippen molar-refractivity contribution in [2.24, 2.45) is 0 Å². The lowest BCUT2D eigenvalue weighted by molar-refractivity contribution is -0.131. The van der Waals surface area contributed by atoms with Gasteiger partial charge in [0.05, 0.1) is 0 Å². The summed E-state index contributed by atoms with van der Waals surface area (Å²) >= 11 is 6.29. The van der Waals surface area contributed by atoms with Gasteiger partial charge in [0, 0.05) is 11.1 Å². The number of aryl methyl sites for hydroxylation is 2. The minimum Gasteiger partial charge on any atom is -0.478 e. The average molecular weight is 349 g/mol. The van der Waals surface area contributed by atoms with Crippen molar-refractivity contribution in [2.75, 3.05) is 0 Å². The topological polar surface area (TPSA) is 37.3 Å². The molecule has 0 aliphatic carbocycles. The third kappa shape index (κ3) is 5.50.